The minimum absolute atomic E-state index is 0.142. The Morgan fingerprint density at radius 3 is 1.61 bits per heavy atom. The van der Waals surface area contributed by atoms with Crippen LogP contribution in [0.3, 0.4) is 0 Å². The molecule has 0 aliphatic heterocycles. The second-order valence-electron chi connectivity index (χ2n) is 5.87. The zero-order valence-corrected chi connectivity index (χ0v) is 14.8. The summed E-state index contributed by atoms with van der Waals surface area (Å²) in [7, 11) is -2.21. The molecular formula is C15H34O2Si. The van der Waals surface area contributed by atoms with E-state index >= 15 is 0 Å². The van der Waals surface area contributed by atoms with E-state index in [4.69, 9.17) is 8.85 Å². The molecule has 0 aliphatic rings. The van der Waals surface area contributed by atoms with Crippen molar-refractivity contribution >= 4 is 8.56 Å². The maximum absolute atomic E-state index is 6.33. The van der Waals surface area contributed by atoms with Crippen molar-refractivity contribution < 1.29 is 8.85 Å². The largest absolute Gasteiger partial charge is 0.394 e. The van der Waals surface area contributed by atoms with Gasteiger partial charge in [-0.25, -0.2) is 0 Å². The normalized spacial score (nSPS) is 16.7. The second kappa shape index (κ2) is 7.66. The molecular weight excluding hydrogens is 240 g/mol. The SMILES string of the molecule is CCO[Si](OCC)(C(C)CC)C(C)(C)C(C)CC. The van der Waals surface area contributed by atoms with Gasteiger partial charge in [0.05, 0.1) is 0 Å². The molecule has 110 valence electrons. The summed E-state index contributed by atoms with van der Waals surface area (Å²) in [5.74, 6) is 0.622. The average Bonchev–Trinajstić information content (AvgIpc) is 2.35. The lowest BCUT2D eigenvalue weighted by Crippen LogP contribution is -2.56. The summed E-state index contributed by atoms with van der Waals surface area (Å²) in [6, 6.07) is 0. The predicted octanol–water partition coefficient (Wildman–Crippen LogP) is 5.13. The third-order valence-corrected chi connectivity index (χ3v) is 10.2. The van der Waals surface area contributed by atoms with Gasteiger partial charge in [-0.1, -0.05) is 54.4 Å². The van der Waals surface area contributed by atoms with Gasteiger partial charge < -0.3 is 8.85 Å². The topological polar surface area (TPSA) is 18.5 Å². The Bertz CT molecular complexity index is 223. The van der Waals surface area contributed by atoms with Crippen molar-refractivity contribution in [3.63, 3.8) is 0 Å². The number of hydrogen-bond donors (Lipinski definition) is 0. The highest BCUT2D eigenvalue weighted by Crippen LogP contribution is 2.52. The molecule has 0 aromatic heterocycles. The Balaban J connectivity index is 5.51. The van der Waals surface area contributed by atoms with E-state index < -0.39 is 8.56 Å². The van der Waals surface area contributed by atoms with Crippen molar-refractivity contribution in [2.24, 2.45) is 5.92 Å². The Labute approximate surface area is 116 Å². The van der Waals surface area contributed by atoms with Crippen LogP contribution < -0.4 is 0 Å². The fourth-order valence-electron chi connectivity index (χ4n) is 2.88. The molecule has 3 heteroatoms. The first-order valence-corrected chi connectivity index (χ1v) is 9.51. The van der Waals surface area contributed by atoms with E-state index in [1.54, 1.807) is 0 Å². The van der Waals surface area contributed by atoms with Crippen LogP contribution in [-0.4, -0.2) is 21.8 Å². The van der Waals surface area contributed by atoms with E-state index in [0.717, 1.165) is 19.6 Å². The molecule has 0 aromatic rings. The molecule has 0 amide bonds. The summed E-state index contributed by atoms with van der Waals surface area (Å²) in [6.07, 6.45) is 2.31. The summed E-state index contributed by atoms with van der Waals surface area (Å²) in [5, 5.41) is 0.142. The smallest absolute Gasteiger partial charge is 0.347 e. The molecule has 0 rings (SSSR count). The van der Waals surface area contributed by atoms with Crippen molar-refractivity contribution in [1.82, 2.24) is 0 Å². The van der Waals surface area contributed by atoms with Crippen molar-refractivity contribution in [2.75, 3.05) is 13.2 Å². The molecule has 0 fully saturated rings. The molecule has 0 bridgehead atoms. The molecule has 0 N–H and O–H groups in total. The zero-order chi connectivity index (χ0) is 14.4. The molecule has 18 heavy (non-hydrogen) atoms. The van der Waals surface area contributed by atoms with E-state index in [1.165, 1.54) is 6.42 Å². The molecule has 2 unspecified atom stereocenters. The van der Waals surface area contributed by atoms with Crippen LogP contribution in [0.4, 0.5) is 0 Å². The van der Waals surface area contributed by atoms with Crippen molar-refractivity contribution in [1.29, 1.82) is 0 Å². The summed E-state index contributed by atoms with van der Waals surface area (Å²) in [5.41, 5.74) is 0.529. The predicted molar refractivity (Wildman–Crippen MR) is 82.2 cm³/mol. The first-order chi connectivity index (χ1) is 8.33. The highest BCUT2D eigenvalue weighted by atomic mass is 28.4. The minimum atomic E-state index is -2.21. The fourth-order valence-corrected chi connectivity index (χ4v) is 7.84. The van der Waals surface area contributed by atoms with Gasteiger partial charge in [0.25, 0.3) is 0 Å². The summed E-state index contributed by atoms with van der Waals surface area (Å²) in [4.78, 5) is 0. The highest BCUT2D eigenvalue weighted by Gasteiger charge is 2.56. The molecule has 0 aliphatic carbocycles. The van der Waals surface area contributed by atoms with Crippen LogP contribution in [0.1, 0.15) is 68.2 Å². The lowest BCUT2D eigenvalue weighted by molar-refractivity contribution is 0.132. The molecule has 0 saturated carbocycles. The molecule has 2 atom stereocenters. The lowest BCUT2D eigenvalue weighted by Gasteiger charge is -2.49. The average molecular weight is 275 g/mol. The van der Waals surface area contributed by atoms with Crippen molar-refractivity contribution in [3.05, 3.63) is 0 Å². The quantitative estimate of drug-likeness (QED) is 0.543. The first-order valence-electron chi connectivity index (χ1n) is 7.61. The Hall–Kier alpha value is 0.137. The van der Waals surface area contributed by atoms with E-state index in [0.29, 0.717) is 11.5 Å². The van der Waals surface area contributed by atoms with E-state index in [1.807, 2.05) is 0 Å². The molecule has 0 aromatic carbocycles. The number of hydrogen-bond acceptors (Lipinski definition) is 2. The van der Waals surface area contributed by atoms with Gasteiger partial charge in [-0.2, -0.15) is 0 Å². The van der Waals surface area contributed by atoms with Crippen molar-refractivity contribution in [3.8, 4) is 0 Å². The molecule has 2 nitrogen and oxygen atoms in total. The monoisotopic (exact) mass is 274 g/mol. The van der Waals surface area contributed by atoms with Crippen LogP contribution >= 0.6 is 0 Å². The lowest BCUT2D eigenvalue weighted by atomic mass is 9.94. The zero-order valence-electron chi connectivity index (χ0n) is 13.8. The van der Waals surface area contributed by atoms with Gasteiger partial charge in [-0.3, -0.25) is 0 Å². The fraction of sp³-hybridized carbons (Fsp3) is 1.00. The second-order valence-corrected chi connectivity index (χ2v) is 10.1. The van der Waals surface area contributed by atoms with Crippen LogP contribution in [0.5, 0.6) is 0 Å². The maximum Gasteiger partial charge on any atom is 0.347 e. The van der Waals surface area contributed by atoms with Gasteiger partial charge in [0.2, 0.25) is 0 Å². The van der Waals surface area contributed by atoms with Gasteiger partial charge >= 0.3 is 8.56 Å². The Morgan fingerprint density at radius 2 is 1.33 bits per heavy atom. The molecule has 0 heterocycles. The van der Waals surface area contributed by atoms with Crippen LogP contribution in [-0.2, 0) is 8.85 Å². The third-order valence-electron chi connectivity index (χ3n) is 4.72. The van der Waals surface area contributed by atoms with Gasteiger partial charge in [-0.05, 0) is 19.8 Å². The molecule has 0 saturated heterocycles. The van der Waals surface area contributed by atoms with Crippen LogP contribution in [0.25, 0.3) is 0 Å². The molecule has 0 radical (unpaired) electrons. The van der Waals surface area contributed by atoms with Gasteiger partial charge in [0.1, 0.15) is 0 Å². The van der Waals surface area contributed by atoms with E-state index in [-0.39, 0.29) is 5.04 Å². The van der Waals surface area contributed by atoms with Crippen LogP contribution in [0.2, 0.25) is 10.6 Å². The van der Waals surface area contributed by atoms with Gasteiger partial charge in [-0.15, -0.1) is 0 Å². The van der Waals surface area contributed by atoms with Crippen LogP contribution in [0.15, 0.2) is 0 Å². The third kappa shape index (κ3) is 3.37. The summed E-state index contributed by atoms with van der Waals surface area (Å²) < 4.78 is 12.7. The molecule has 0 spiro atoms. The van der Waals surface area contributed by atoms with Crippen molar-refractivity contribution in [2.45, 2.75) is 78.8 Å². The first kappa shape index (κ1) is 18.1. The van der Waals surface area contributed by atoms with Gasteiger partial charge in [0, 0.05) is 23.8 Å². The minimum Gasteiger partial charge on any atom is -0.394 e. The van der Waals surface area contributed by atoms with E-state index in [2.05, 4.69) is 55.4 Å². The maximum atomic E-state index is 6.33. The highest BCUT2D eigenvalue weighted by molar-refractivity contribution is 6.72. The van der Waals surface area contributed by atoms with Gasteiger partial charge in [0.15, 0.2) is 0 Å². The standard InChI is InChI=1S/C15H34O2Si/c1-9-13(5)15(7,8)18(16-11-3,17-12-4)14(6)10-2/h13-14H,9-12H2,1-8H3. The van der Waals surface area contributed by atoms with E-state index in [9.17, 15) is 0 Å². The Kier molecular flexibility index (Phi) is 7.72. The van der Waals surface area contributed by atoms with Crippen LogP contribution in [0, 0.1) is 5.92 Å². The Morgan fingerprint density at radius 1 is 0.889 bits per heavy atom. The number of rotatable bonds is 9. The summed E-state index contributed by atoms with van der Waals surface area (Å²) >= 11 is 0. The summed E-state index contributed by atoms with van der Waals surface area (Å²) in [6.45, 7) is 19.6.